The van der Waals surface area contributed by atoms with Gasteiger partial charge in [-0.2, -0.15) is 5.26 Å². The number of anilines is 1. The van der Waals surface area contributed by atoms with Crippen LogP contribution in [-0.2, 0) is 11.2 Å². The highest BCUT2D eigenvalue weighted by molar-refractivity contribution is 9.10. The molecule has 2 amide bonds. The number of carbonyl (C=O) groups is 2. The van der Waals surface area contributed by atoms with Crippen molar-refractivity contribution in [3.63, 3.8) is 0 Å². The molecule has 0 unspecified atom stereocenters. The topological polar surface area (TPSA) is 94.5 Å². The summed E-state index contributed by atoms with van der Waals surface area (Å²) in [6, 6.07) is 13.9. The van der Waals surface area contributed by atoms with Gasteiger partial charge >= 0.3 is 0 Å². The lowest BCUT2D eigenvalue weighted by Gasteiger charge is -2.31. The molecule has 1 aliphatic heterocycles. The van der Waals surface area contributed by atoms with Crippen molar-refractivity contribution in [3.05, 3.63) is 85.6 Å². The van der Waals surface area contributed by atoms with Crippen molar-refractivity contribution in [1.82, 2.24) is 10.2 Å². The lowest BCUT2D eigenvalue weighted by molar-refractivity contribution is -0.115. The van der Waals surface area contributed by atoms with Gasteiger partial charge in [0, 0.05) is 28.2 Å². The first-order chi connectivity index (χ1) is 19.4. The Bertz CT molecular complexity index is 1520. The number of hydrogen-bond donors (Lipinski definition) is 2. The molecule has 0 atom stereocenters. The molecule has 7 nitrogen and oxygen atoms in total. The van der Waals surface area contributed by atoms with Crippen LogP contribution in [0.5, 0.6) is 11.5 Å². The van der Waals surface area contributed by atoms with Gasteiger partial charge in [0.1, 0.15) is 5.75 Å². The van der Waals surface area contributed by atoms with Crippen LogP contribution >= 0.6 is 39.1 Å². The summed E-state index contributed by atoms with van der Waals surface area (Å²) in [4.78, 5) is 28.0. The van der Waals surface area contributed by atoms with Crippen molar-refractivity contribution in [2.24, 2.45) is 0 Å². The summed E-state index contributed by atoms with van der Waals surface area (Å²) >= 11 is 15.7. The third-order valence-corrected chi connectivity index (χ3v) is 7.63. The van der Waals surface area contributed by atoms with E-state index in [-0.39, 0.29) is 45.0 Å². The summed E-state index contributed by atoms with van der Waals surface area (Å²) in [5, 5.41) is 15.3. The molecule has 2 N–H and O–H groups in total. The minimum absolute atomic E-state index is 0.0792. The van der Waals surface area contributed by atoms with Crippen molar-refractivity contribution in [2.45, 2.75) is 38.6 Å². The van der Waals surface area contributed by atoms with Crippen LogP contribution in [0.25, 0.3) is 0 Å². The molecule has 1 fully saturated rings. The van der Waals surface area contributed by atoms with E-state index in [1.165, 1.54) is 43.2 Å². The second kappa shape index (κ2) is 13.2. The molecule has 1 heterocycles. The highest BCUT2D eigenvalue weighted by atomic mass is 79.9. The number of ether oxygens (including phenoxy) is 1. The molecular formula is C30H28BrCl2FN4O3. The highest BCUT2D eigenvalue weighted by Gasteiger charge is 2.26. The van der Waals surface area contributed by atoms with Crippen LogP contribution in [0.3, 0.4) is 0 Å². The Hall–Kier alpha value is -3.16. The maximum absolute atomic E-state index is 15.4. The van der Waals surface area contributed by atoms with E-state index in [0.29, 0.717) is 15.7 Å². The Balaban J connectivity index is 1.41. The molecule has 0 saturated carbocycles. The minimum Gasteiger partial charge on any atom is -0.453 e. The van der Waals surface area contributed by atoms with Crippen molar-refractivity contribution < 1.29 is 18.7 Å². The number of carbonyl (C=O) groups excluding carboxylic acids is 2. The highest BCUT2D eigenvalue weighted by Crippen LogP contribution is 2.36. The summed E-state index contributed by atoms with van der Waals surface area (Å²) in [5.41, 5.74) is 0.565. The van der Waals surface area contributed by atoms with E-state index in [0.717, 1.165) is 19.6 Å². The number of benzene rings is 3. The van der Waals surface area contributed by atoms with Crippen LogP contribution in [0, 0.1) is 17.1 Å². The molecule has 0 bridgehead atoms. The summed E-state index contributed by atoms with van der Waals surface area (Å²) < 4.78 is 21.4. The van der Waals surface area contributed by atoms with Crippen LogP contribution in [0.4, 0.5) is 10.1 Å². The average molecular weight is 662 g/mol. The zero-order chi connectivity index (χ0) is 29.7. The number of likely N-dealkylation sites (tertiary alicyclic amines) is 1. The van der Waals surface area contributed by atoms with Crippen LogP contribution in [0.15, 0.2) is 53.0 Å². The first-order valence-corrected chi connectivity index (χ1v) is 14.5. The van der Waals surface area contributed by atoms with Crippen molar-refractivity contribution in [3.8, 4) is 17.6 Å². The number of hydrogen-bond acceptors (Lipinski definition) is 5. The van der Waals surface area contributed by atoms with Gasteiger partial charge in [0.25, 0.3) is 5.91 Å². The Morgan fingerprint density at radius 3 is 2.54 bits per heavy atom. The molecule has 1 aliphatic rings. The van der Waals surface area contributed by atoms with Gasteiger partial charge in [0.05, 0.1) is 33.2 Å². The van der Waals surface area contributed by atoms with Gasteiger partial charge < -0.3 is 20.3 Å². The zero-order valence-electron chi connectivity index (χ0n) is 22.5. The average Bonchev–Trinajstić information content (AvgIpc) is 3.41. The quantitative estimate of drug-likeness (QED) is 0.250. The number of nitrogens with zero attached hydrogens (tertiary/aromatic N) is 2. The fourth-order valence-electron chi connectivity index (χ4n) is 4.65. The monoisotopic (exact) mass is 660 g/mol. The van der Waals surface area contributed by atoms with Gasteiger partial charge in [0.2, 0.25) is 5.91 Å². The molecule has 4 rings (SSSR count). The predicted octanol–water partition coefficient (Wildman–Crippen LogP) is 7.34. The summed E-state index contributed by atoms with van der Waals surface area (Å²) in [5.74, 6) is -1.51. The molecule has 0 spiro atoms. The van der Waals surface area contributed by atoms with Gasteiger partial charge in [-0.05, 0) is 98.2 Å². The van der Waals surface area contributed by atoms with Gasteiger partial charge in [-0.25, -0.2) is 4.39 Å². The molecule has 11 heteroatoms. The lowest BCUT2D eigenvalue weighted by atomic mass is 10.0. The third kappa shape index (κ3) is 8.20. The molecule has 3 aromatic rings. The molecule has 41 heavy (non-hydrogen) atoms. The van der Waals surface area contributed by atoms with Gasteiger partial charge in [-0.3, -0.25) is 9.59 Å². The van der Waals surface area contributed by atoms with Gasteiger partial charge in [-0.15, -0.1) is 0 Å². The Kier molecular flexibility index (Phi) is 9.92. The van der Waals surface area contributed by atoms with Gasteiger partial charge in [-0.1, -0.05) is 29.3 Å². The minimum atomic E-state index is -0.748. The van der Waals surface area contributed by atoms with E-state index < -0.39 is 17.3 Å². The van der Waals surface area contributed by atoms with Crippen molar-refractivity contribution in [2.75, 3.05) is 25.0 Å². The molecular weight excluding hydrogens is 634 g/mol. The van der Waals surface area contributed by atoms with Crippen LogP contribution < -0.4 is 15.4 Å². The Morgan fingerprint density at radius 2 is 1.85 bits per heavy atom. The van der Waals surface area contributed by atoms with E-state index in [1.54, 1.807) is 18.2 Å². The largest absolute Gasteiger partial charge is 0.453 e. The number of nitrogens with one attached hydrogen (secondary N) is 2. The molecule has 0 aromatic heterocycles. The molecule has 0 radical (unpaired) electrons. The molecule has 214 valence electrons. The van der Waals surface area contributed by atoms with E-state index in [1.807, 2.05) is 19.9 Å². The molecule has 0 aliphatic carbocycles. The van der Waals surface area contributed by atoms with E-state index >= 15 is 4.39 Å². The summed E-state index contributed by atoms with van der Waals surface area (Å²) in [6.07, 6.45) is 2.03. The zero-order valence-corrected chi connectivity index (χ0v) is 25.6. The van der Waals surface area contributed by atoms with Crippen LogP contribution in [-0.4, -0.2) is 41.9 Å². The smallest absolute Gasteiger partial charge is 0.251 e. The normalized spacial score (nSPS) is 13.5. The fraction of sp³-hybridized carbons (Fsp3) is 0.300. The van der Waals surface area contributed by atoms with Crippen molar-refractivity contribution >= 4 is 56.6 Å². The first-order valence-electron chi connectivity index (χ1n) is 12.9. The standard InChI is InChI=1S/C30H28BrCl2FN4O3/c1-30(2,17-38-9-3-4-10-38)37-29(40)20-6-8-25(24(33)13-20)36-26(39)14-19-5-7-23(31)28(27(19)34)41-22-12-18(16-35)11-21(32)15-22/h5-8,11-13,15H,3-4,9-10,14,17H2,1-2H3,(H,36,39)(H,37,40). The number of nitriles is 1. The third-order valence-electron chi connectivity index (χ3n) is 6.48. The molecule has 3 aromatic carbocycles. The molecule has 1 saturated heterocycles. The lowest BCUT2D eigenvalue weighted by Crippen LogP contribution is -2.51. The Labute approximate surface area is 256 Å². The summed E-state index contributed by atoms with van der Waals surface area (Å²) in [7, 11) is 0. The Morgan fingerprint density at radius 1 is 1.12 bits per heavy atom. The van der Waals surface area contributed by atoms with E-state index in [9.17, 15) is 9.59 Å². The van der Waals surface area contributed by atoms with Crippen LogP contribution in [0.1, 0.15) is 48.2 Å². The fourth-order valence-corrected chi connectivity index (χ4v) is 5.49. The second-order valence-corrected chi connectivity index (χ2v) is 12.2. The van der Waals surface area contributed by atoms with E-state index in [2.05, 4.69) is 31.5 Å². The maximum Gasteiger partial charge on any atom is 0.251 e. The summed E-state index contributed by atoms with van der Waals surface area (Å²) in [6.45, 7) is 6.78. The number of halogens is 4. The van der Waals surface area contributed by atoms with Crippen molar-refractivity contribution in [1.29, 1.82) is 5.26 Å². The second-order valence-electron chi connectivity index (χ2n) is 10.5. The maximum atomic E-state index is 15.4. The first kappa shape index (κ1) is 30.8. The number of amides is 2. The number of rotatable bonds is 9. The SMILES string of the molecule is CC(C)(CN1CCCC1)NC(=O)c1ccc(NC(=O)Cc2ccc(Br)c(Oc3cc(Cl)cc(C#N)c3)c2F)c(Cl)c1. The van der Waals surface area contributed by atoms with Crippen LogP contribution in [0.2, 0.25) is 10.0 Å². The van der Waals surface area contributed by atoms with E-state index in [4.69, 9.17) is 33.2 Å². The van der Waals surface area contributed by atoms with Gasteiger partial charge in [0.15, 0.2) is 11.6 Å². The predicted molar refractivity (Wildman–Crippen MR) is 161 cm³/mol.